The van der Waals surface area contributed by atoms with Crippen LogP contribution in [0.1, 0.15) is 27.2 Å². The van der Waals surface area contributed by atoms with Crippen molar-refractivity contribution in [1.29, 1.82) is 0 Å². The molecule has 0 aromatic heterocycles. The molecular formula is C24H34O8Si. The van der Waals surface area contributed by atoms with Crippen LogP contribution < -0.4 is 0 Å². The molecule has 0 heterocycles. The monoisotopic (exact) mass is 478 g/mol. The first-order valence-electron chi connectivity index (χ1n) is 10.8. The summed E-state index contributed by atoms with van der Waals surface area (Å²) in [6.45, 7) is 10.4. The van der Waals surface area contributed by atoms with Gasteiger partial charge in [-0.15, -0.1) is 0 Å². The van der Waals surface area contributed by atoms with Gasteiger partial charge in [-0.05, 0) is 30.1 Å². The third kappa shape index (κ3) is 5.70. The van der Waals surface area contributed by atoms with E-state index >= 15 is 0 Å². The topological polar surface area (TPSA) is 105 Å². The van der Waals surface area contributed by atoms with E-state index in [4.69, 9.17) is 13.9 Å². The summed E-state index contributed by atoms with van der Waals surface area (Å²) < 4.78 is 21.7. The van der Waals surface area contributed by atoms with E-state index < -0.39 is 44.1 Å². The molecule has 0 aromatic carbocycles. The summed E-state index contributed by atoms with van der Waals surface area (Å²) in [6.07, 6.45) is 4.84. The Labute approximate surface area is 196 Å². The van der Waals surface area contributed by atoms with Gasteiger partial charge in [-0.2, -0.15) is 0 Å². The Morgan fingerprint density at radius 2 is 1.64 bits per heavy atom. The number of methoxy groups -OCH3 is 3. The second-order valence-corrected chi connectivity index (χ2v) is 14.5. The number of hydrogen-bond donors (Lipinski definition) is 0. The van der Waals surface area contributed by atoms with Gasteiger partial charge in [0.2, 0.25) is 0 Å². The van der Waals surface area contributed by atoms with Crippen LogP contribution in [0.5, 0.6) is 0 Å². The van der Waals surface area contributed by atoms with E-state index in [1.165, 1.54) is 45.6 Å². The number of ether oxygens (including phenoxy) is 3. The summed E-state index contributed by atoms with van der Waals surface area (Å²) in [5, 5.41) is -0.133. The molecule has 182 valence electrons. The first-order chi connectivity index (χ1) is 15.3. The van der Waals surface area contributed by atoms with Crippen LogP contribution in [0, 0.1) is 17.8 Å². The Hall–Kier alpha value is -2.52. The van der Waals surface area contributed by atoms with E-state index in [1.807, 2.05) is 0 Å². The molecule has 0 amide bonds. The van der Waals surface area contributed by atoms with Crippen molar-refractivity contribution in [2.24, 2.45) is 17.8 Å². The molecule has 2 aliphatic rings. The largest absolute Gasteiger partial charge is 0.500 e. The summed E-state index contributed by atoms with van der Waals surface area (Å²) in [7, 11) is 1.54. The molecule has 0 N–H and O–H groups in total. The molecule has 0 radical (unpaired) electrons. The molecule has 2 bridgehead atoms. The number of Topliss-reactive ketones (excluding diaryl/α,β-unsaturated/α-hetero) is 1. The van der Waals surface area contributed by atoms with Crippen LogP contribution in [-0.2, 0) is 37.8 Å². The Bertz CT molecular complexity index is 906. The number of carbonyl (C=O) groups excluding carboxylic acids is 4. The zero-order valence-electron chi connectivity index (χ0n) is 20.6. The van der Waals surface area contributed by atoms with Crippen molar-refractivity contribution in [3.63, 3.8) is 0 Å². The average molecular weight is 479 g/mol. The molecule has 1 fully saturated rings. The van der Waals surface area contributed by atoms with Gasteiger partial charge in [0.05, 0.1) is 39.3 Å². The molecule has 4 atom stereocenters. The number of carbonyl (C=O) groups is 4. The van der Waals surface area contributed by atoms with Gasteiger partial charge in [0.25, 0.3) is 0 Å². The maximum Gasteiger partial charge on any atom is 0.330 e. The highest BCUT2D eigenvalue weighted by atomic mass is 28.4. The lowest BCUT2D eigenvalue weighted by atomic mass is 9.64. The van der Waals surface area contributed by atoms with E-state index in [0.29, 0.717) is 5.57 Å². The predicted octanol–water partition coefficient (Wildman–Crippen LogP) is 3.14. The van der Waals surface area contributed by atoms with Gasteiger partial charge in [-0.25, -0.2) is 9.59 Å². The third-order valence-corrected chi connectivity index (χ3v) is 11.3. The van der Waals surface area contributed by atoms with E-state index in [-0.39, 0.29) is 28.8 Å². The van der Waals surface area contributed by atoms with Crippen LogP contribution in [0.2, 0.25) is 18.1 Å². The van der Waals surface area contributed by atoms with Crippen LogP contribution in [-0.4, -0.2) is 59.3 Å². The summed E-state index contributed by atoms with van der Waals surface area (Å²) >= 11 is 0. The van der Waals surface area contributed by atoms with Crippen molar-refractivity contribution < 1.29 is 37.8 Å². The van der Waals surface area contributed by atoms with E-state index in [1.54, 1.807) is 0 Å². The van der Waals surface area contributed by atoms with Crippen molar-refractivity contribution in [1.82, 2.24) is 0 Å². The maximum absolute atomic E-state index is 13.3. The average Bonchev–Trinajstić information content (AvgIpc) is 2.73. The lowest BCUT2D eigenvalue weighted by molar-refractivity contribution is -0.143. The smallest absolute Gasteiger partial charge is 0.330 e. The number of hydrogen-bond acceptors (Lipinski definition) is 8. The molecule has 0 spiro atoms. The number of fused-ring (bicyclic) bond motifs is 2. The van der Waals surface area contributed by atoms with Gasteiger partial charge < -0.3 is 18.6 Å². The second-order valence-electron chi connectivity index (χ2n) is 9.79. The highest BCUT2D eigenvalue weighted by molar-refractivity contribution is 6.74. The minimum Gasteiger partial charge on any atom is -0.500 e. The molecule has 0 saturated heterocycles. The molecule has 0 aromatic rings. The van der Waals surface area contributed by atoms with Gasteiger partial charge in [0.15, 0.2) is 19.9 Å². The molecule has 2 aliphatic carbocycles. The summed E-state index contributed by atoms with van der Waals surface area (Å²) in [4.78, 5) is 50.0. The van der Waals surface area contributed by atoms with E-state index in [0.717, 1.165) is 0 Å². The number of esters is 2. The first kappa shape index (κ1) is 26.7. The highest BCUT2D eigenvalue weighted by Gasteiger charge is 2.54. The zero-order chi connectivity index (χ0) is 25.1. The predicted molar refractivity (Wildman–Crippen MR) is 124 cm³/mol. The Morgan fingerprint density at radius 1 is 1.03 bits per heavy atom. The molecule has 9 heteroatoms. The molecule has 0 unspecified atom stereocenters. The van der Waals surface area contributed by atoms with E-state index in [9.17, 15) is 19.2 Å². The normalized spacial score (nSPS) is 26.2. The third-order valence-electron chi connectivity index (χ3n) is 6.78. The van der Waals surface area contributed by atoms with Crippen molar-refractivity contribution in [2.75, 3.05) is 21.3 Å². The lowest BCUT2D eigenvalue weighted by Gasteiger charge is -2.48. The van der Waals surface area contributed by atoms with Crippen LogP contribution in [0.15, 0.2) is 35.6 Å². The molecule has 0 aliphatic heterocycles. The number of ketones is 2. The van der Waals surface area contributed by atoms with Crippen LogP contribution in [0.25, 0.3) is 0 Å². The van der Waals surface area contributed by atoms with Gasteiger partial charge in [0, 0.05) is 24.1 Å². The van der Waals surface area contributed by atoms with Crippen LogP contribution in [0.3, 0.4) is 0 Å². The summed E-state index contributed by atoms with van der Waals surface area (Å²) in [6, 6.07) is 0. The number of allylic oxidation sites excluding steroid dienone is 3. The molecule has 33 heavy (non-hydrogen) atoms. The summed E-state index contributed by atoms with van der Waals surface area (Å²) in [5.74, 6) is -3.95. The minimum atomic E-state index is -2.35. The molecule has 8 nitrogen and oxygen atoms in total. The Balaban J connectivity index is 2.70. The van der Waals surface area contributed by atoms with Crippen molar-refractivity contribution >= 4 is 31.8 Å². The van der Waals surface area contributed by atoms with Gasteiger partial charge in [0.1, 0.15) is 5.76 Å². The van der Waals surface area contributed by atoms with Gasteiger partial charge in [-0.3, -0.25) is 9.59 Å². The molecule has 2 rings (SSSR count). The van der Waals surface area contributed by atoms with Gasteiger partial charge in [-0.1, -0.05) is 26.8 Å². The maximum atomic E-state index is 13.3. The Morgan fingerprint density at radius 3 is 2.15 bits per heavy atom. The fraction of sp³-hybridized carbons (Fsp3) is 0.583. The molecule has 1 saturated carbocycles. The second kappa shape index (κ2) is 10.2. The highest BCUT2D eigenvalue weighted by Crippen LogP contribution is 2.48. The zero-order valence-corrected chi connectivity index (χ0v) is 21.6. The fourth-order valence-corrected chi connectivity index (χ4v) is 5.31. The quantitative estimate of drug-likeness (QED) is 0.181. The lowest BCUT2D eigenvalue weighted by Crippen LogP contribution is -2.55. The van der Waals surface area contributed by atoms with Crippen LogP contribution in [0.4, 0.5) is 0 Å². The van der Waals surface area contributed by atoms with Crippen molar-refractivity contribution in [2.45, 2.75) is 51.4 Å². The van der Waals surface area contributed by atoms with E-state index in [2.05, 4.69) is 38.6 Å². The minimum absolute atomic E-state index is 0.133. The first-order valence-corrected chi connectivity index (χ1v) is 13.7. The summed E-state index contributed by atoms with van der Waals surface area (Å²) in [5.41, 5.74) is 0.366. The molecular weight excluding hydrogens is 444 g/mol. The number of rotatable bonds is 7. The fourth-order valence-electron chi connectivity index (χ4n) is 3.96. The standard InChI is InChI=1S/C24H34O8Si/c1-24(2,3)33(7,8)32-18-12-15-16(25)13-17(29-4)22(23(15)28)21(18)14(11-20(27)31-6)9-10-19(26)30-5/h9-11,13,15,18,21-22H,12H2,1-8H3/b10-9?,14-11+/t15-,18-,21+,22-/m0/s1. The SMILES string of the molecule is COC(=O)C=C/C(=C\C(=O)OC)[C@H]1[C@H]2C(=O)[C@@H](C[C@@H]1O[Si](C)(C)C(C)(C)C)C(=O)C=C2OC. The van der Waals surface area contributed by atoms with Crippen LogP contribution >= 0.6 is 0 Å². The van der Waals surface area contributed by atoms with Crippen molar-refractivity contribution in [3.8, 4) is 0 Å². The van der Waals surface area contributed by atoms with Gasteiger partial charge >= 0.3 is 11.9 Å². The Kier molecular flexibility index (Phi) is 8.24. The van der Waals surface area contributed by atoms with Crippen molar-refractivity contribution in [3.05, 3.63) is 35.6 Å².